The monoisotopic (exact) mass is 315 g/mol. The van der Waals surface area contributed by atoms with Gasteiger partial charge in [0.1, 0.15) is 5.60 Å². The standard InChI is InChI=1S/C18H25N3O2/c1-17(2,3)15-14(11-21(5)20-15)16(22)19-12-18(4,23)13-9-7-6-8-10-13/h6-11,23H,12H2,1-5H3,(H,19,22). The van der Waals surface area contributed by atoms with Gasteiger partial charge < -0.3 is 10.4 Å². The van der Waals surface area contributed by atoms with Gasteiger partial charge in [0, 0.05) is 18.7 Å². The van der Waals surface area contributed by atoms with E-state index >= 15 is 0 Å². The highest BCUT2D eigenvalue weighted by Gasteiger charge is 2.28. The molecule has 0 spiro atoms. The Morgan fingerprint density at radius 1 is 1.22 bits per heavy atom. The van der Waals surface area contributed by atoms with Crippen molar-refractivity contribution in [3.8, 4) is 0 Å². The number of aromatic nitrogens is 2. The molecule has 1 atom stereocenters. The minimum absolute atomic E-state index is 0.133. The molecule has 1 aromatic heterocycles. The molecule has 0 aliphatic carbocycles. The van der Waals surface area contributed by atoms with Crippen molar-refractivity contribution < 1.29 is 9.90 Å². The Kier molecular flexibility index (Phi) is 4.61. The molecule has 2 N–H and O–H groups in total. The van der Waals surface area contributed by atoms with Crippen molar-refractivity contribution in [3.63, 3.8) is 0 Å². The van der Waals surface area contributed by atoms with Gasteiger partial charge in [0.05, 0.1) is 17.8 Å². The number of carbonyl (C=O) groups excluding carboxylic acids is 1. The second kappa shape index (κ2) is 6.16. The van der Waals surface area contributed by atoms with E-state index in [4.69, 9.17) is 0 Å². The predicted octanol–water partition coefficient (Wildman–Crippen LogP) is 2.36. The number of aryl methyl sites for hydroxylation is 1. The molecule has 1 amide bonds. The Labute approximate surface area is 137 Å². The van der Waals surface area contributed by atoms with Gasteiger partial charge >= 0.3 is 0 Å². The van der Waals surface area contributed by atoms with Gasteiger partial charge in [-0.15, -0.1) is 0 Å². The first kappa shape index (κ1) is 17.2. The van der Waals surface area contributed by atoms with Crippen molar-refractivity contribution in [1.29, 1.82) is 0 Å². The van der Waals surface area contributed by atoms with E-state index in [-0.39, 0.29) is 17.9 Å². The maximum absolute atomic E-state index is 12.5. The molecule has 5 heteroatoms. The van der Waals surface area contributed by atoms with E-state index in [9.17, 15) is 9.90 Å². The lowest BCUT2D eigenvalue weighted by molar-refractivity contribution is 0.0526. The summed E-state index contributed by atoms with van der Waals surface area (Å²) >= 11 is 0. The first-order valence-corrected chi connectivity index (χ1v) is 7.71. The van der Waals surface area contributed by atoms with Crippen molar-refractivity contribution in [2.75, 3.05) is 6.54 Å². The number of aliphatic hydroxyl groups is 1. The highest BCUT2D eigenvalue weighted by molar-refractivity contribution is 5.95. The van der Waals surface area contributed by atoms with Crippen molar-refractivity contribution in [2.45, 2.75) is 38.7 Å². The van der Waals surface area contributed by atoms with Crippen LogP contribution in [0.1, 0.15) is 49.3 Å². The van der Waals surface area contributed by atoms with E-state index < -0.39 is 5.60 Å². The number of carbonyl (C=O) groups is 1. The molecule has 0 saturated carbocycles. The van der Waals surface area contributed by atoms with Gasteiger partial charge in [-0.25, -0.2) is 0 Å². The maximum Gasteiger partial charge on any atom is 0.254 e. The number of nitrogens with one attached hydrogen (secondary N) is 1. The van der Waals surface area contributed by atoms with Crippen LogP contribution in [0.25, 0.3) is 0 Å². The number of amides is 1. The van der Waals surface area contributed by atoms with E-state index in [0.29, 0.717) is 5.56 Å². The highest BCUT2D eigenvalue weighted by atomic mass is 16.3. The average molecular weight is 315 g/mol. The molecule has 1 aromatic carbocycles. The largest absolute Gasteiger partial charge is 0.384 e. The number of hydrogen-bond acceptors (Lipinski definition) is 3. The molecule has 2 rings (SSSR count). The average Bonchev–Trinajstić information content (AvgIpc) is 2.88. The second-order valence-corrected chi connectivity index (χ2v) is 7.14. The molecule has 0 fully saturated rings. The normalized spacial score (nSPS) is 14.3. The topological polar surface area (TPSA) is 67.2 Å². The van der Waals surface area contributed by atoms with Gasteiger partial charge in [-0.2, -0.15) is 5.10 Å². The highest BCUT2D eigenvalue weighted by Crippen LogP contribution is 2.24. The lowest BCUT2D eigenvalue weighted by Gasteiger charge is -2.24. The van der Waals surface area contributed by atoms with Gasteiger partial charge in [0.15, 0.2) is 0 Å². The number of nitrogens with zero attached hydrogens (tertiary/aromatic N) is 2. The zero-order valence-corrected chi connectivity index (χ0v) is 14.4. The molecule has 5 nitrogen and oxygen atoms in total. The zero-order valence-electron chi connectivity index (χ0n) is 14.4. The lowest BCUT2D eigenvalue weighted by Crippen LogP contribution is -2.39. The molecule has 0 bridgehead atoms. The van der Waals surface area contributed by atoms with Gasteiger partial charge in [-0.3, -0.25) is 9.48 Å². The van der Waals surface area contributed by atoms with Crippen LogP contribution < -0.4 is 5.32 Å². The van der Waals surface area contributed by atoms with Gasteiger partial charge in [-0.05, 0) is 12.5 Å². The fraction of sp³-hybridized carbons (Fsp3) is 0.444. The minimum atomic E-state index is -1.12. The van der Waals surface area contributed by atoms with E-state index in [1.54, 1.807) is 24.9 Å². The molecular weight excluding hydrogens is 290 g/mol. The molecule has 0 aliphatic rings. The zero-order chi connectivity index (χ0) is 17.3. The van der Waals surface area contributed by atoms with Crippen LogP contribution in [-0.4, -0.2) is 27.3 Å². The Morgan fingerprint density at radius 2 is 1.83 bits per heavy atom. The van der Waals surface area contributed by atoms with E-state index in [2.05, 4.69) is 10.4 Å². The van der Waals surface area contributed by atoms with E-state index in [0.717, 1.165) is 11.3 Å². The quantitative estimate of drug-likeness (QED) is 0.910. The summed E-state index contributed by atoms with van der Waals surface area (Å²) in [6, 6.07) is 9.31. The molecule has 0 aliphatic heterocycles. The summed E-state index contributed by atoms with van der Waals surface area (Å²) in [7, 11) is 1.80. The third-order valence-corrected chi connectivity index (χ3v) is 3.77. The Morgan fingerprint density at radius 3 is 2.39 bits per heavy atom. The molecule has 1 unspecified atom stereocenters. The SMILES string of the molecule is Cn1cc(C(=O)NCC(C)(O)c2ccccc2)c(C(C)(C)C)n1. The van der Waals surface area contributed by atoms with Crippen molar-refractivity contribution in [3.05, 3.63) is 53.3 Å². The Balaban J connectivity index is 2.15. The third kappa shape index (κ3) is 3.99. The van der Waals surface area contributed by atoms with Crippen LogP contribution in [-0.2, 0) is 18.1 Å². The molecule has 0 saturated heterocycles. The van der Waals surface area contributed by atoms with Crippen LogP contribution >= 0.6 is 0 Å². The molecular formula is C18H25N3O2. The van der Waals surface area contributed by atoms with Crippen LogP contribution in [0.15, 0.2) is 36.5 Å². The Hall–Kier alpha value is -2.14. The second-order valence-electron chi connectivity index (χ2n) is 7.14. The summed E-state index contributed by atoms with van der Waals surface area (Å²) in [5.74, 6) is -0.223. The van der Waals surface area contributed by atoms with Crippen LogP contribution in [0, 0.1) is 0 Å². The minimum Gasteiger partial charge on any atom is -0.384 e. The summed E-state index contributed by atoms with van der Waals surface area (Å²) in [6.45, 7) is 7.88. The molecule has 23 heavy (non-hydrogen) atoms. The van der Waals surface area contributed by atoms with Crippen molar-refractivity contribution in [1.82, 2.24) is 15.1 Å². The summed E-state index contributed by atoms with van der Waals surface area (Å²) in [5, 5.41) is 17.8. The lowest BCUT2D eigenvalue weighted by atomic mass is 9.89. The number of hydrogen-bond donors (Lipinski definition) is 2. The number of rotatable bonds is 4. The third-order valence-electron chi connectivity index (χ3n) is 3.77. The van der Waals surface area contributed by atoms with Crippen molar-refractivity contribution >= 4 is 5.91 Å². The van der Waals surface area contributed by atoms with Crippen molar-refractivity contribution in [2.24, 2.45) is 7.05 Å². The summed E-state index contributed by atoms with van der Waals surface area (Å²) in [6.07, 6.45) is 1.72. The van der Waals surface area contributed by atoms with Gasteiger partial charge in [0.25, 0.3) is 5.91 Å². The van der Waals surface area contributed by atoms with Crippen LogP contribution in [0.3, 0.4) is 0 Å². The maximum atomic E-state index is 12.5. The molecule has 124 valence electrons. The molecule has 0 radical (unpaired) electrons. The van der Waals surface area contributed by atoms with Gasteiger partial charge in [0.2, 0.25) is 0 Å². The predicted molar refractivity (Wildman–Crippen MR) is 90.3 cm³/mol. The van der Waals surface area contributed by atoms with E-state index in [1.807, 2.05) is 51.1 Å². The van der Waals surface area contributed by atoms with E-state index in [1.165, 1.54) is 0 Å². The summed E-state index contributed by atoms with van der Waals surface area (Å²) in [5.41, 5.74) is 0.708. The smallest absolute Gasteiger partial charge is 0.254 e. The number of benzene rings is 1. The Bertz CT molecular complexity index is 682. The summed E-state index contributed by atoms with van der Waals surface area (Å²) in [4.78, 5) is 12.5. The van der Waals surface area contributed by atoms with Crippen LogP contribution in [0.5, 0.6) is 0 Å². The van der Waals surface area contributed by atoms with Crippen LogP contribution in [0.4, 0.5) is 0 Å². The fourth-order valence-corrected chi connectivity index (χ4v) is 2.46. The summed E-state index contributed by atoms with van der Waals surface area (Å²) < 4.78 is 1.64. The first-order valence-electron chi connectivity index (χ1n) is 7.71. The molecule has 1 heterocycles. The molecule has 2 aromatic rings. The van der Waals surface area contributed by atoms with Gasteiger partial charge in [-0.1, -0.05) is 51.1 Å². The van der Waals surface area contributed by atoms with Crippen LogP contribution in [0.2, 0.25) is 0 Å². The first-order chi connectivity index (χ1) is 10.6. The fourth-order valence-electron chi connectivity index (χ4n) is 2.46.